The number of phenols is 1. The van der Waals surface area contributed by atoms with Crippen molar-refractivity contribution in [2.45, 2.75) is 25.0 Å². The van der Waals surface area contributed by atoms with Crippen LogP contribution in [0, 0.1) is 0 Å². The second-order valence-corrected chi connectivity index (χ2v) is 8.80. The normalized spacial score (nSPS) is 18.9. The lowest BCUT2D eigenvalue weighted by molar-refractivity contribution is 0.0446. The summed E-state index contributed by atoms with van der Waals surface area (Å²) in [5, 5.41) is 22.2. The van der Waals surface area contributed by atoms with Gasteiger partial charge in [-0.15, -0.1) is 0 Å². The molecule has 1 aliphatic heterocycles. The second-order valence-electron chi connectivity index (χ2n) is 8.80. The van der Waals surface area contributed by atoms with E-state index in [4.69, 9.17) is 4.74 Å². The Morgan fingerprint density at radius 3 is 2.26 bits per heavy atom. The molecule has 0 spiro atoms. The minimum atomic E-state index is -0.486. The summed E-state index contributed by atoms with van der Waals surface area (Å²) in [6.45, 7) is 5.28. The molecule has 1 heterocycles. The number of phenolic OH excluding ortho intramolecular Hbond substituents is 1. The van der Waals surface area contributed by atoms with E-state index in [1.54, 1.807) is 12.1 Å². The lowest BCUT2D eigenvalue weighted by Gasteiger charge is -2.35. The Labute approximate surface area is 183 Å². The first-order chi connectivity index (χ1) is 15.1. The minimum absolute atomic E-state index is 0.272. The number of aliphatic hydroxyl groups excluding tert-OH is 1. The monoisotopic (exact) mass is 418 g/mol. The molecule has 1 saturated carbocycles. The van der Waals surface area contributed by atoms with Crippen LogP contribution in [0.2, 0.25) is 0 Å². The fourth-order valence-corrected chi connectivity index (χ4v) is 4.44. The second kappa shape index (κ2) is 8.87. The number of hydrogen-bond acceptors (Lipinski definition) is 5. The summed E-state index contributed by atoms with van der Waals surface area (Å²) in [7, 11) is 0. The van der Waals surface area contributed by atoms with Crippen molar-refractivity contribution in [3.05, 3.63) is 60.7 Å². The first-order valence-corrected chi connectivity index (χ1v) is 11.2. The summed E-state index contributed by atoms with van der Waals surface area (Å²) in [5.74, 6) is 1.05. The summed E-state index contributed by atoms with van der Waals surface area (Å²) in [6, 6.07) is 20.4. The van der Waals surface area contributed by atoms with E-state index in [0.717, 1.165) is 59.9 Å². The van der Waals surface area contributed by atoms with Crippen LogP contribution in [0.5, 0.6) is 11.5 Å². The molecule has 5 nitrogen and oxygen atoms in total. The highest BCUT2D eigenvalue weighted by Gasteiger charge is 2.31. The molecular formula is C26H30N2O3. The smallest absolute Gasteiger partial charge is 0.120 e. The SMILES string of the molecule is Oc1ccc(-c2ccc3cc(OCC(O)CN4CCN(C5CC5)CC4)ccc3c2)cc1. The van der Waals surface area contributed by atoms with Crippen LogP contribution in [0.4, 0.5) is 0 Å². The Morgan fingerprint density at radius 2 is 1.52 bits per heavy atom. The maximum absolute atomic E-state index is 10.4. The first kappa shape index (κ1) is 20.3. The molecule has 2 N–H and O–H groups in total. The number of nitrogens with zero attached hydrogens (tertiary/aromatic N) is 2. The number of hydrogen-bond donors (Lipinski definition) is 2. The van der Waals surface area contributed by atoms with Crippen LogP contribution < -0.4 is 4.74 Å². The van der Waals surface area contributed by atoms with Gasteiger partial charge in [0.15, 0.2) is 0 Å². The molecule has 1 atom stereocenters. The van der Waals surface area contributed by atoms with Crippen molar-refractivity contribution in [1.29, 1.82) is 0 Å². The van der Waals surface area contributed by atoms with Gasteiger partial charge in [0.25, 0.3) is 0 Å². The topological polar surface area (TPSA) is 56.2 Å². The summed E-state index contributed by atoms with van der Waals surface area (Å²) in [5.41, 5.74) is 2.18. The molecule has 1 saturated heterocycles. The van der Waals surface area contributed by atoms with E-state index in [1.807, 2.05) is 24.3 Å². The predicted octanol–water partition coefficient (Wildman–Crippen LogP) is 3.73. The van der Waals surface area contributed by atoms with Gasteiger partial charge < -0.3 is 14.9 Å². The van der Waals surface area contributed by atoms with Crippen LogP contribution >= 0.6 is 0 Å². The predicted molar refractivity (Wildman–Crippen MR) is 124 cm³/mol. The van der Waals surface area contributed by atoms with Gasteiger partial charge in [0.2, 0.25) is 0 Å². The van der Waals surface area contributed by atoms with E-state index in [-0.39, 0.29) is 5.75 Å². The lowest BCUT2D eigenvalue weighted by atomic mass is 10.0. The van der Waals surface area contributed by atoms with Crippen LogP contribution in [-0.4, -0.2) is 71.5 Å². The van der Waals surface area contributed by atoms with E-state index in [1.165, 1.54) is 12.8 Å². The van der Waals surface area contributed by atoms with Crippen LogP contribution in [-0.2, 0) is 0 Å². The van der Waals surface area contributed by atoms with Gasteiger partial charge in [0.05, 0.1) is 0 Å². The maximum Gasteiger partial charge on any atom is 0.120 e. The molecule has 31 heavy (non-hydrogen) atoms. The van der Waals surface area contributed by atoms with E-state index in [0.29, 0.717) is 13.2 Å². The Hall–Kier alpha value is -2.60. The summed E-state index contributed by atoms with van der Waals surface area (Å²) in [4.78, 5) is 4.93. The van der Waals surface area contributed by atoms with E-state index < -0.39 is 6.10 Å². The highest BCUT2D eigenvalue weighted by atomic mass is 16.5. The zero-order valence-electron chi connectivity index (χ0n) is 17.8. The van der Waals surface area contributed by atoms with Crippen molar-refractivity contribution < 1.29 is 14.9 Å². The van der Waals surface area contributed by atoms with Gasteiger partial charge in [0.1, 0.15) is 24.2 Å². The van der Waals surface area contributed by atoms with Gasteiger partial charge in [-0.1, -0.05) is 30.3 Å². The molecule has 0 bridgehead atoms. The van der Waals surface area contributed by atoms with Gasteiger partial charge in [-0.25, -0.2) is 0 Å². The molecule has 1 unspecified atom stereocenters. The van der Waals surface area contributed by atoms with Gasteiger partial charge in [-0.3, -0.25) is 9.80 Å². The standard InChI is InChI=1S/C26H30N2O3/c29-24-8-3-19(4-9-24)20-1-2-22-16-26(10-5-21(22)15-20)31-18-25(30)17-27-11-13-28(14-12-27)23-6-7-23/h1-5,8-10,15-16,23,25,29-30H,6-7,11-14,17-18H2. The zero-order chi connectivity index (χ0) is 21.2. The van der Waals surface area contributed by atoms with Crippen molar-refractivity contribution in [3.63, 3.8) is 0 Å². The lowest BCUT2D eigenvalue weighted by Crippen LogP contribution is -2.49. The zero-order valence-corrected chi connectivity index (χ0v) is 17.8. The van der Waals surface area contributed by atoms with E-state index in [9.17, 15) is 10.2 Å². The molecular weight excluding hydrogens is 388 g/mol. The number of aliphatic hydroxyl groups is 1. The number of β-amino-alcohol motifs (C(OH)–C–C–N with tert-alkyl or cyclic N) is 1. The number of benzene rings is 3. The maximum atomic E-state index is 10.4. The summed E-state index contributed by atoms with van der Waals surface area (Å²) in [6.07, 6.45) is 2.24. The fraction of sp³-hybridized carbons (Fsp3) is 0.385. The molecule has 5 rings (SSSR count). The molecule has 1 aliphatic carbocycles. The quantitative estimate of drug-likeness (QED) is 0.612. The van der Waals surface area contributed by atoms with Crippen molar-refractivity contribution >= 4 is 10.8 Å². The Morgan fingerprint density at radius 1 is 0.839 bits per heavy atom. The molecule has 2 aliphatic rings. The van der Waals surface area contributed by atoms with E-state index >= 15 is 0 Å². The minimum Gasteiger partial charge on any atom is -0.508 e. The molecule has 3 aromatic rings. The van der Waals surface area contributed by atoms with E-state index in [2.05, 4.69) is 34.1 Å². The average Bonchev–Trinajstić information content (AvgIpc) is 3.64. The first-order valence-electron chi connectivity index (χ1n) is 11.2. The van der Waals surface area contributed by atoms with Crippen molar-refractivity contribution in [2.24, 2.45) is 0 Å². The van der Waals surface area contributed by atoms with Crippen LogP contribution in [0.3, 0.4) is 0 Å². The Kier molecular flexibility index (Phi) is 5.81. The number of aromatic hydroxyl groups is 1. The Balaban J connectivity index is 1.16. The molecule has 3 aromatic carbocycles. The molecule has 0 radical (unpaired) electrons. The van der Waals surface area contributed by atoms with Crippen LogP contribution in [0.1, 0.15) is 12.8 Å². The number of ether oxygens (including phenoxy) is 1. The molecule has 0 amide bonds. The molecule has 162 valence electrons. The van der Waals surface area contributed by atoms with Gasteiger partial charge in [-0.2, -0.15) is 0 Å². The van der Waals surface area contributed by atoms with Crippen LogP contribution in [0.25, 0.3) is 21.9 Å². The third-order valence-electron chi connectivity index (χ3n) is 6.39. The molecule has 2 fully saturated rings. The fourth-order valence-electron chi connectivity index (χ4n) is 4.44. The molecule has 5 heteroatoms. The number of rotatable bonds is 7. The molecule has 0 aromatic heterocycles. The van der Waals surface area contributed by atoms with Crippen LogP contribution in [0.15, 0.2) is 60.7 Å². The highest BCUT2D eigenvalue weighted by Crippen LogP contribution is 2.29. The van der Waals surface area contributed by atoms with Crippen molar-refractivity contribution in [1.82, 2.24) is 9.80 Å². The number of fused-ring (bicyclic) bond motifs is 1. The third kappa shape index (κ3) is 5.01. The van der Waals surface area contributed by atoms with Crippen molar-refractivity contribution in [2.75, 3.05) is 39.3 Å². The average molecular weight is 419 g/mol. The number of piperazine rings is 1. The van der Waals surface area contributed by atoms with Crippen molar-refractivity contribution in [3.8, 4) is 22.6 Å². The largest absolute Gasteiger partial charge is 0.508 e. The Bertz CT molecular complexity index is 1020. The van der Waals surface area contributed by atoms with Gasteiger partial charge in [0, 0.05) is 38.8 Å². The highest BCUT2D eigenvalue weighted by molar-refractivity contribution is 5.88. The summed E-state index contributed by atoms with van der Waals surface area (Å²) >= 11 is 0. The third-order valence-corrected chi connectivity index (χ3v) is 6.39. The summed E-state index contributed by atoms with van der Waals surface area (Å²) < 4.78 is 5.90. The van der Waals surface area contributed by atoms with Gasteiger partial charge >= 0.3 is 0 Å². The van der Waals surface area contributed by atoms with Gasteiger partial charge in [-0.05, 0) is 65.1 Å².